The first kappa shape index (κ1) is 24.3. The largest absolute Gasteiger partial charge is 0.496 e. The normalized spacial score (nSPS) is 11.1. The fraction of sp³-hybridized carbons (Fsp3) is 0.545. The molecule has 0 N–H and O–H groups in total. The fourth-order valence-corrected chi connectivity index (χ4v) is 2.77. The molecule has 7 nitrogen and oxygen atoms in total. The van der Waals surface area contributed by atoms with Gasteiger partial charge in [-0.2, -0.15) is 0 Å². The van der Waals surface area contributed by atoms with Crippen LogP contribution in [-0.2, 0) is 14.3 Å². The Morgan fingerprint density at radius 1 is 0.897 bits per heavy atom. The van der Waals surface area contributed by atoms with Crippen molar-refractivity contribution in [3.63, 3.8) is 0 Å². The van der Waals surface area contributed by atoms with E-state index in [9.17, 15) is 9.59 Å². The molecule has 0 bridgehead atoms. The van der Waals surface area contributed by atoms with E-state index in [1.165, 1.54) is 27.4 Å². The minimum Gasteiger partial charge on any atom is -0.496 e. The molecular formula is C22H33NO6. The van der Waals surface area contributed by atoms with Crippen molar-refractivity contribution in [2.75, 3.05) is 41.0 Å². The second kappa shape index (κ2) is 12.0. The van der Waals surface area contributed by atoms with Gasteiger partial charge >= 0.3 is 5.97 Å². The summed E-state index contributed by atoms with van der Waals surface area (Å²) in [4.78, 5) is 26.2. The van der Waals surface area contributed by atoms with E-state index in [2.05, 4.69) is 0 Å². The molecule has 0 saturated carbocycles. The van der Waals surface area contributed by atoms with Crippen LogP contribution in [0, 0.1) is 11.8 Å². The zero-order valence-corrected chi connectivity index (χ0v) is 18.5. The van der Waals surface area contributed by atoms with Gasteiger partial charge < -0.3 is 23.8 Å². The summed E-state index contributed by atoms with van der Waals surface area (Å²) in [6.07, 6.45) is 2.81. The number of benzene rings is 1. The van der Waals surface area contributed by atoms with Gasteiger partial charge in [-0.3, -0.25) is 4.79 Å². The van der Waals surface area contributed by atoms with Crippen LogP contribution in [0.5, 0.6) is 17.2 Å². The summed E-state index contributed by atoms with van der Waals surface area (Å²) in [5.41, 5.74) is 0.620. The molecule has 0 heterocycles. The number of esters is 1. The van der Waals surface area contributed by atoms with Crippen LogP contribution in [0.4, 0.5) is 0 Å². The lowest BCUT2D eigenvalue weighted by Gasteiger charge is -2.26. The van der Waals surface area contributed by atoms with Gasteiger partial charge in [0.05, 0.1) is 21.3 Å². The number of carbonyl (C=O) groups excluding carboxylic acids is 2. The summed E-state index contributed by atoms with van der Waals surface area (Å²) in [6, 6.07) is 3.36. The van der Waals surface area contributed by atoms with E-state index in [4.69, 9.17) is 18.9 Å². The molecule has 1 aromatic rings. The third kappa shape index (κ3) is 8.05. The highest BCUT2D eigenvalue weighted by atomic mass is 16.5. The SMILES string of the molecule is COc1cc(OC)c(OC)cc1/C=C/C(=O)OCC(=O)N(CC(C)C)CC(C)C. The molecule has 1 aromatic carbocycles. The summed E-state index contributed by atoms with van der Waals surface area (Å²) in [6.45, 7) is 9.17. The lowest BCUT2D eigenvalue weighted by atomic mass is 10.1. The van der Waals surface area contributed by atoms with Gasteiger partial charge in [0.15, 0.2) is 18.1 Å². The highest BCUT2D eigenvalue weighted by molar-refractivity contribution is 5.90. The van der Waals surface area contributed by atoms with Crippen LogP contribution in [0.1, 0.15) is 33.3 Å². The molecule has 162 valence electrons. The van der Waals surface area contributed by atoms with E-state index >= 15 is 0 Å². The molecule has 0 spiro atoms. The molecular weight excluding hydrogens is 374 g/mol. The summed E-state index contributed by atoms with van der Waals surface area (Å²) >= 11 is 0. The van der Waals surface area contributed by atoms with Crippen LogP contribution in [0.3, 0.4) is 0 Å². The lowest BCUT2D eigenvalue weighted by molar-refractivity contribution is -0.148. The predicted octanol–water partition coefficient (Wildman–Crippen LogP) is 3.41. The number of amides is 1. The number of methoxy groups -OCH3 is 3. The first-order valence-electron chi connectivity index (χ1n) is 9.64. The third-order valence-electron chi connectivity index (χ3n) is 4.00. The maximum Gasteiger partial charge on any atom is 0.331 e. The second-order valence-corrected chi connectivity index (χ2v) is 7.48. The molecule has 0 saturated heterocycles. The van der Waals surface area contributed by atoms with Crippen LogP contribution in [-0.4, -0.2) is 57.8 Å². The Labute approximate surface area is 173 Å². The van der Waals surface area contributed by atoms with Gasteiger partial charge in [-0.1, -0.05) is 27.7 Å². The predicted molar refractivity (Wildman–Crippen MR) is 112 cm³/mol. The van der Waals surface area contributed by atoms with Gasteiger partial charge in [0.1, 0.15) is 5.75 Å². The highest BCUT2D eigenvalue weighted by Crippen LogP contribution is 2.35. The van der Waals surface area contributed by atoms with Gasteiger partial charge in [0, 0.05) is 30.8 Å². The van der Waals surface area contributed by atoms with Crippen LogP contribution < -0.4 is 14.2 Å². The molecule has 0 aliphatic rings. The average molecular weight is 408 g/mol. The van der Waals surface area contributed by atoms with Crippen molar-refractivity contribution in [2.45, 2.75) is 27.7 Å². The van der Waals surface area contributed by atoms with Crippen molar-refractivity contribution >= 4 is 18.0 Å². The zero-order valence-electron chi connectivity index (χ0n) is 18.5. The van der Waals surface area contributed by atoms with Crippen molar-refractivity contribution < 1.29 is 28.5 Å². The molecule has 0 atom stereocenters. The van der Waals surface area contributed by atoms with Gasteiger partial charge in [-0.05, 0) is 24.0 Å². The molecule has 1 rings (SSSR count). The number of nitrogens with zero attached hydrogens (tertiary/aromatic N) is 1. The number of ether oxygens (including phenoxy) is 4. The molecule has 0 aliphatic carbocycles. The molecule has 0 radical (unpaired) electrons. The standard InChI is InChI=1S/C22H33NO6/c1-15(2)12-23(13-16(3)4)21(24)14-29-22(25)9-8-17-10-19(27-6)20(28-7)11-18(17)26-5/h8-11,15-16H,12-14H2,1-7H3/b9-8+. The van der Waals surface area contributed by atoms with Crippen molar-refractivity contribution in [3.05, 3.63) is 23.8 Å². The maximum atomic E-state index is 12.4. The summed E-state index contributed by atoms with van der Waals surface area (Å²) in [5, 5.41) is 0. The molecule has 7 heteroatoms. The smallest absolute Gasteiger partial charge is 0.331 e. The van der Waals surface area contributed by atoms with E-state index in [0.29, 0.717) is 47.7 Å². The number of carbonyl (C=O) groups is 2. The first-order chi connectivity index (χ1) is 13.7. The maximum absolute atomic E-state index is 12.4. The van der Waals surface area contributed by atoms with Gasteiger partial charge in [0.2, 0.25) is 0 Å². The van der Waals surface area contributed by atoms with E-state index in [1.807, 2.05) is 27.7 Å². The molecule has 0 unspecified atom stereocenters. The molecule has 1 amide bonds. The topological polar surface area (TPSA) is 74.3 Å². The Bertz CT molecular complexity index is 701. The Kier molecular flexibility index (Phi) is 10.1. The second-order valence-electron chi connectivity index (χ2n) is 7.48. The van der Waals surface area contributed by atoms with E-state index in [0.717, 1.165) is 0 Å². The molecule has 0 fully saturated rings. The lowest BCUT2D eigenvalue weighted by Crippen LogP contribution is -2.39. The Morgan fingerprint density at radius 3 is 1.90 bits per heavy atom. The van der Waals surface area contributed by atoms with Crippen molar-refractivity contribution in [2.24, 2.45) is 11.8 Å². The first-order valence-corrected chi connectivity index (χ1v) is 9.64. The van der Waals surface area contributed by atoms with E-state index in [1.54, 1.807) is 23.1 Å². The van der Waals surface area contributed by atoms with Crippen LogP contribution in [0.25, 0.3) is 6.08 Å². The summed E-state index contributed by atoms with van der Waals surface area (Å²) < 4.78 is 21.0. The van der Waals surface area contributed by atoms with Crippen molar-refractivity contribution in [1.82, 2.24) is 4.90 Å². The summed E-state index contributed by atoms with van der Waals surface area (Å²) in [5.74, 6) is 1.42. The van der Waals surface area contributed by atoms with Crippen LogP contribution >= 0.6 is 0 Å². The average Bonchev–Trinajstić information content (AvgIpc) is 2.68. The van der Waals surface area contributed by atoms with Crippen molar-refractivity contribution in [3.8, 4) is 17.2 Å². The monoisotopic (exact) mass is 407 g/mol. The molecule has 0 aromatic heterocycles. The van der Waals surface area contributed by atoms with Crippen molar-refractivity contribution in [1.29, 1.82) is 0 Å². The van der Waals surface area contributed by atoms with Gasteiger partial charge in [0.25, 0.3) is 5.91 Å². The quantitative estimate of drug-likeness (QED) is 0.413. The number of rotatable bonds is 11. The zero-order chi connectivity index (χ0) is 22.0. The third-order valence-corrected chi connectivity index (χ3v) is 4.00. The highest BCUT2D eigenvalue weighted by Gasteiger charge is 2.17. The Morgan fingerprint density at radius 2 is 1.41 bits per heavy atom. The van der Waals surface area contributed by atoms with E-state index in [-0.39, 0.29) is 12.5 Å². The van der Waals surface area contributed by atoms with E-state index < -0.39 is 5.97 Å². The number of hydrogen-bond acceptors (Lipinski definition) is 6. The minimum atomic E-state index is -0.607. The fourth-order valence-electron chi connectivity index (χ4n) is 2.77. The van der Waals surface area contributed by atoms with Gasteiger partial charge in [-0.15, -0.1) is 0 Å². The van der Waals surface area contributed by atoms with Gasteiger partial charge in [-0.25, -0.2) is 4.79 Å². The molecule has 29 heavy (non-hydrogen) atoms. The molecule has 0 aliphatic heterocycles. The van der Waals surface area contributed by atoms with Crippen LogP contribution in [0.15, 0.2) is 18.2 Å². The summed E-state index contributed by atoms with van der Waals surface area (Å²) in [7, 11) is 4.58. The van der Waals surface area contributed by atoms with Crippen LogP contribution in [0.2, 0.25) is 0 Å². The Balaban J connectivity index is 2.79. The minimum absolute atomic E-state index is 0.196. The number of hydrogen-bond donors (Lipinski definition) is 0. The Hall–Kier alpha value is -2.70.